The van der Waals surface area contributed by atoms with Gasteiger partial charge in [-0.2, -0.15) is 0 Å². The standard InChI is InChI=1S/C23H24N4O/c1-17-5-2-6-18(13-17)19-14-20(16-25-15-19)23(28)21-7-3-8-22(26-21)27-11-4-9-24-10-12-27/h2-3,5-8,13-16,24H,4,9-12H2,1H3. The van der Waals surface area contributed by atoms with Crippen molar-refractivity contribution in [3.8, 4) is 11.1 Å². The van der Waals surface area contributed by atoms with Crippen molar-refractivity contribution in [3.05, 3.63) is 77.7 Å². The molecule has 0 aliphatic carbocycles. The smallest absolute Gasteiger partial charge is 0.212 e. The fraction of sp³-hybridized carbons (Fsp3) is 0.261. The van der Waals surface area contributed by atoms with Crippen LogP contribution in [0.15, 0.2) is 60.9 Å². The molecule has 1 N–H and O–H groups in total. The normalized spacial score (nSPS) is 14.5. The highest BCUT2D eigenvalue weighted by atomic mass is 16.1. The Morgan fingerprint density at radius 1 is 1.00 bits per heavy atom. The second-order valence-electron chi connectivity index (χ2n) is 7.13. The number of hydrogen-bond donors (Lipinski definition) is 1. The van der Waals surface area contributed by atoms with E-state index in [1.54, 1.807) is 18.5 Å². The molecule has 0 amide bonds. The van der Waals surface area contributed by atoms with Gasteiger partial charge in [0.1, 0.15) is 11.5 Å². The molecule has 28 heavy (non-hydrogen) atoms. The van der Waals surface area contributed by atoms with E-state index in [1.807, 2.05) is 30.3 Å². The number of benzene rings is 1. The van der Waals surface area contributed by atoms with Crippen LogP contribution in [0, 0.1) is 6.92 Å². The molecule has 0 bridgehead atoms. The van der Waals surface area contributed by atoms with Gasteiger partial charge in [0.15, 0.2) is 0 Å². The number of rotatable bonds is 4. The van der Waals surface area contributed by atoms with Crippen molar-refractivity contribution >= 4 is 11.6 Å². The van der Waals surface area contributed by atoms with Gasteiger partial charge in [0, 0.05) is 43.2 Å². The molecule has 0 saturated carbocycles. The van der Waals surface area contributed by atoms with E-state index in [1.165, 1.54) is 5.56 Å². The number of nitrogens with one attached hydrogen (secondary N) is 1. The molecule has 5 heteroatoms. The number of pyridine rings is 2. The lowest BCUT2D eigenvalue weighted by Gasteiger charge is -2.21. The van der Waals surface area contributed by atoms with Crippen molar-refractivity contribution in [2.45, 2.75) is 13.3 Å². The van der Waals surface area contributed by atoms with Crippen LogP contribution in [0.3, 0.4) is 0 Å². The molecular weight excluding hydrogens is 348 g/mol. The largest absolute Gasteiger partial charge is 0.355 e. The van der Waals surface area contributed by atoms with Crippen LogP contribution in [-0.2, 0) is 0 Å². The molecule has 1 saturated heterocycles. The van der Waals surface area contributed by atoms with Gasteiger partial charge in [-0.15, -0.1) is 0 Å². The van der Waals surface area contributed by atoms with Crippen molar-refractivity contribution in [2.75, 3.05) is 31.1 Å². The Balaban J connectivity index is 1.61. The van der Waals surface area contributed by atoms with Gasteiger partial charge in [-0.1, -0.05) is 35.9 Å². The predicted octanol–water partition coefficient (Wildman–Crippen LogP) is 3.48. The molecule has 142 valence electrons. The summed E-state index contributed by atoms with van der Waals surface area (Å²) in [7, 11) is 0. The molecule has 0 spiro atoms. The molecule has 0 unspecified atom stereocenters. The van der Waals surface area contributed by atoms with Gasteiger partial charge in [0.25, 0.3) is 0 Å². The molecule has 1 fully saturated rings. The van der Waals surface area contributed by atoms with Gasteiger partial charge >= 0.3 is 0 Å². The minimum Gasteiger partial charge on any atom is -0.355 e. The van der Waals surface area contributed by atoms with Crippen LogP contribution < -0.4 is 10.2 Å². The summed E-state index contributed by atoms with van der Waals surface area (Å²) in [6.45, 7) is 5.85. The highest BCUT2D eigenvalue weighted by Crippen LogP contribution is 2.22. The van der Waals surface area contributed by atoms with Crippen LogP contribution in [0.1, 0.15) is 28.0 Å². The van der Waals surface area contributed by atoms with E-state index in [0.717, 1.165) is 49.5 Å². The Kier molecular flexibility index (Phi) is 5.44. The Morgan fingerprint density at radius 2 is 1.89 bits per heavy atom. The first-order chi connectivity index (χ1) is 13.7. The number of carbonyl (C=O) groups is 1. The highest BCUT2D eigenvalue weighted by Gasteiger charge is 2.16. The lowest BCUT2D eigenvalue weighted by molar-refractivity contribution is 0.103. The van der Waals surface area contributed by atoms with Crippen molar-refractivity contribution in [3.63, 3.8) is 0 Å². The van der Waals surface area contributed by atoms with E-state index in [2.05, 4.69) is 39.2 Å². The molecule has 1 aliphatic heterocycles. The van der Waals surface area contributed by atoms with E-state index >= 15 is 0 Å². The maximum Gasteiger partial charge on any atom is 0.212 e. The number of carbonyl (C=O) groups excluding carboxylic acids is 1. The molecule has 0 atom stereocenters. The summed E-state index contributed by atoms with van der Waals surface area (Å²) in [4.78, 5) is 24.2. The van der Waals surface area contributed by atoms with Crippen LogP contribution in [0.2, 0.25) is 0 Å². The van der Waals surface area contributed by atoms with Gasteiger partial charge in [0.05, 0.1) is 0 Å². The molecule has 0 radical (unpaired) electrons. The zero-order valence-electron chi connectivity index (χ0n) is 16.1. The van der Waals surface area contributed by atoms with Crippen LogP contribution in [0.25, 0.3) is 11.1 Å². The summed E-state index contributed by atoms with van der Waals surface area (Å²) < 4.78 is 0. The minimum absolute atomic E-state index is 0.100. The Bertz CT molecular complexity index is 978. The van der Waals surface area contributed by atoms with Crippen molar-refractivity contribution in [1.82, 2.24) is 15.3 Å². The van der Waals surface area contributed by atoms with E-state index in [9.17, 15) is 4.79 Å². The molecule has 2 aromatic heterocycles. The average molecular weight is 372 g/mol. The fourth-order valence-corrected chi connectivity index (χ4v) is 3.50. The number of anilines is 1. The summed E-state index contributed by atoms with van der Waals surface area (Å²) in [5.41, 5.74) is 4.18. The predicted molar refractivity (Wildman–Crippen MR) is 112 cm³/mol. The molecule has 4 rings (SSSR count). The quantitative estimate of drug-likeness (QED) is 0.711. The maximum absolute atomic E-state index is 13.1. The second-order valence-corrected chi connectivity index (χ2v) is 7.13. The number of hydrogen-bond acceptors (Lipinski definition) is 5. The van der Waals surface area contributed by atoms with Gasteiger partial charge in [-0.25, -0.2) is 4.98 Å². The van der Waals surface area contributed by atoms with Gasteiger partial charge in [-0.05, 0) is 43.7 Å². The summed E-state index contributed by atoms with van der Waals surface area (Å²) in [5.74, 6) is 0.758. The number of aryl methyl sites for hydroxylation is 1. The molecule has 5 nitrogen and oxygen atoms in total. The van der Waals surface area contributed by atoms with Gasteiger partial charge in [-0.3, -0.25) is 9.78 Å². The maximum atomic E-state index is 13.1. The second kappa shape index (κ2) is 8.31. The first kappa shape index (κ1) is 18.3. The minimum atomic E-state index is -0.100. The van der Waals surface area contributed by atoms with Crippen molar-refractivity contribution < 1.29 is 4.79 Å². The summed E-state index contributed by atoms with van der Waals surface area (Å²) in [6, 6.07) is 15.8. The molecule has 1 aromatic carbocycles. The van der Waals surface area contributed by atoms with Gasteiger partial charge in [0.2, 0.25) is 5.78 Å². The van der Waals surface area contributed by atoms with E-state index in [4.69, 9.17) is 0 Å². The number of aromatic nitrogens is 2. The third-order valence-corrected chi connectivity index (χ3v) is 4.98. The first-order valence-electron chi connectivity index (χ1n) is 9.70. The highest BCUT2D eigenvalue weighted by molar-refractivity contribution is 6.08. The SMILES string of the molecule is Cc1cccc(-c2cncc(C(=O)c3cccc(N4CCCNCC4)n3)c2)c1. The molecule has 1 aliphatic rings. The molecule has 3 heterocycles. The van der Waals surface area contributed by atoms with Crippen LogP contribution in [0.5, 0.6) is 0 Å². The van der Waals surface area contributed by atoms with Crippen molar-refractivity contribution in [1.29, 1.82) is 0 Å². The zero-order valence-corrected chi connectivity index (χ0v) is 16.1. The molecular formula is C23H24N4O. The zero-order chi connectivity index (χ0) is 19.3. The van der Waals surface area contributed by atoms with E-state index < -0.39 is 0 Å². The Hall–Kier alpha value is -3.05. The monoisotopic (exact) mass is 372 g/mol. The van der Waals surface area contributed by atoms with Gasteiger partial charge < -0.3 is 10.2 Å². The van der Waals surface area contributed by atoms with E-state index in [0.29, 0.717) is 11.3 Å². The molecule has 3 aromatic rings. The number of nitrogens with zero attached hydrogens (tertiary/aromatic N) is 3. The third-order valence-electron chi connectivity index (χ3n) is 4.98. The van der Waals surface area contributed by atoms with Crippen LogP contribution in [0.4, 0.5) is 5.82 Å². The van der Waals surface area contributed by atoms with E-state index in [-0.39, 0.29) is 5.78 Å². The lowest BCUT2D eigenvalue weighted by Crippen LogP contribution is -2.28. The van der Waals surface area contributed by atoms with Crippen molar-refractivity contribution in [2.24, 2.45) is 0 Å². The lowest BCUT2D eigenvalue weighted by atomic mass is 10.0. The topological polar surface area (TPSA) is 58.1 Å². The summed E-state index contributed by atoms with van der Waals surface area (Å²) in [6.07, 6.45) is 4.48. The van der Waals surface area contributed by atoms with Crippen LogP contribution >= 0.6 is 0 Å². The fourth-order valence-electron chi connectivity index (χ4n) is 3.50. The Labute approximate surface area is 165 Å². The van der Waals surface area contributed by atoms with Crippen LogP contribution in [-0.4, -0.2) is 41.9 Å². The summed E-state index contributed by atoms with van der Waals surface area (Å²) >= 11 is 0. The average Bonchev–Trinajstić information content (AvgIpc) is 3.03. The first-order valence-corrected chi connectivity index (χ1v) is 9.70. The third kappa shape index (κ3) is 4.10. The number of ketones is 1. The Morgan fingerprint density at radius 3 is 2.79 bits per heavy atom. The summed E-state index contributed by atoms with van der Waals surface area (Å²) in [5, 5.41) is 3.39.